The van der Waals surface area contributed by atoms with Crippen molar-refractivity contribution in [2.45, 2.75) is 9.79 Å². The van der Waals surface area contributed by atoms with Gasteiger partial charge in [0.15, 0.2) is 0 Å². The lowest BCUT2D eigenvalue weighted by atomic mass is 9.93. The fourth-order valence-electron chi connectivity index (χ4n) is 3.75. The highest BCUT2D eigenvalue weighted by molar-refractivity contribution is 7.99. The molecule has 0 bridgehead atoms. The van der Waals surface area contributed by atoms with Gasteiger partial charge in [-0.2, -0.15) is 0 Å². The van der Waals surface area contributed by atoms with Crippen molar-refractivity contribution in [1.82, 2.24) is 0 Å². The smallest absolute Gasteiger partial charge is 0.124 e. The van der Waals surface area contributed by atoms with Gasteiger partial charge in [0.2, 0.25) is 0 Å². The van der Waals surface area contributed by atoms with E-state index in [4.69, 9.17) is 0 Å². The van der Waals surface area contributed by atoms with Gasteiger partial charge < -0.3 is 0 Å². The predicted molar refractivity (Wildman–Crippen MR) is 117 cm³/mol. The largest absolute Gasteiger partial charge is 0.207 e. The van der Waals surface area contributed by atoms with Gasteiger partial charge in [0.25, 0.3) is 0 Å². The van der Waals surface area contributed by atoms with Crippen LogP contribution in [0.5, 0.6) is 0 Å². The maximum atomic E-state index is 13.8. The maximum Gasteiger partial charge on any atom is 0.124 e. The third-order valence-corrected chi connectivity index (χ3v) is 6.08. The molecule has 134 valence electrons. The van der Waals surface area contributed by atoms with Crippen LogP contribution in [0.2, 0.25) is 0 Å². The highest BCUT2D eigenvalue weighted by atomic mass is 32.2. The number of hydrogen-bond donors (Lipinski definition) is 0. The van der Waals surface area contributed by atoms with Crippen molar-refractivity contribution in [1.29, 1.82) is 0 Å². The number of benzene rings is 5. The second kappa shape index (κ2) is 7.14. The molecule has 0 N–H and O–H groups in total. The summed E-state index contributed by atoms with van der Waals surface area (Å²) in [5.74, 6) is -0.212. The second-order valence-electron chi connectivity index (χ2n) is 6.72. The fraction of sp³-hybridized carbons (Fsp3) is 0. The number of fused-ring (bicyclic) bond motifs is 3. The molecule has 5 rings (SSSR count). The lowest BCUT2D eigenvalue weighted by Crippen LogP contribution is -1.90. The molecule has 0 atom stereocenters. The Labute approximate surface area is 167 Å². The van der Waals surface area contributed by atoms with Crippen LogP contribution in [-0.2, 0) is 0 Å². The summed E-state index contributed by atoms with van der Waals surface area (Å²) >= 11 is 1.63. The van der Waals surface area contributed by atoms with Gasteiger partial charge in [-0.15, -0.1) is 0 Å². The maximum absolute atomic E-state index is 13.8. The first-order chi connectivity index (χ1) is 13.8. The minimum atomic E-state index is -0.212. The van der Waals surface area contributed by atoms with E-state index in [0.717, 1.165) is 9.79 Å². The van der Waals surface area contributed by atoms with Gasteiger partial charge in [-0.05, 0) is 45.3 Å². The molecule has 0 aliphatic carbocycles. The Hall–Kier alpha value is -3.10. The van der Waals surface area contributed by atoms with Crippen LogP contribution < -0.4 is 0 Å². The average molecular weight is 380 g/mol. The van der Waals surface area contributed by atoms with Gasteiger partial charge in [0.1, 0.15) is 5.82 Å². The summed E-state index contributed by atoms with van der Waals surface area (Å²) in [6.45, 7) is 0. The molecule has 0 nitrogen and oxygen atoms in total. The molecule has 0 heterocycles. The van der Waals surface area contributed by atoms with Gasteiger partial charge in [-0.25, -0.2) is 4.39 Å². The molecule has 0 unspecified atom stereocenters. The number of halogens is 1. The summed E-state index contributed by atoms with van der Waals surface area (Å²) in [6.07, 6.45) is 0. The van der Waals surface area contributed by atoms with Crippen LogP contribution in [0.3, 0.4) is 0 Å². The molecule has 0 aliphatic heterocycles. The van der Waals surface area contributed by atoms with Gasteiger partial charge in [0.05, 0.1) is 0 Å². The Morgan fingerprint density at radius 2 is 1.14 bits per heavy atom. The van der Waals surface area contributed by atoms with Crippen molar-refractivity contribution in [2.75, 3.05) is 0 Å². The highest BCUT2D eigenvalue weighted by Gasteiger charge is 2.16. The molecule has 5 aromatic carbocycles. The van der Waals surface area contributed by atoms with E-state index in [0.29, 0.717) is 0 Å². The quantitative estimate of drug-likeness (QED) is 0.286. The summed E-state index contributed by atoms with van der Waals surface area (Å²) in [5, 5.41) is 4.86. The normalized spacial score (nSPS) is 11.2. The van der Waals surface area contributed by atoms with Gasteiger partial charge in [-0.3, -0.25) is 0 Å². The monoisotopic (exact) mass is 380 g/mol. The Balaban J connectivity index is 1.90. The Morgan fingerprint density at radius 1 is 0.536 bits per heavy atom. The zero-order valence-electron chi connectivity index (χ0n) is 15.1. The molecule has 28 heavy (non-hydrogen) atoms. The van der Waals surface area contributed by atoms with Crippen LogP contribution >= 0.6 is 11.8 Å². The fourth-order valence-corrected chi connectivity index (χ4v) is 4.93. The summed E-state index contributed by atoms with van der Waals surface area (Å²) in [6, 6.07) is 34.3. The molecule has 0 amide bonds. The van der Waals surface area contributed by atoms with Crippen LogP contribution in [0.4, 0.5) is 4.39 Å². The van der Waals surface area contributed by atoms with E-state index in [1.807, 2.05) is 12.1 Å². The van der Waals surface area contributed by atoms with E-state index in [1.54, 1.807) is 23.9 Å². The zero-order valence-corrected chi connectivity index (χ0v) is 15.9. The van der Waals surface area contributed by atoms with Crippen molar-refractivity contribution >= 4 is 33.3 Å². The van der Waals surface area contributed by atoms with Crippen molar-refractivity contribution < 1.29 is 4.39 Å². The first-order valence-corrected chi connectivity index (χ1v) is 10.1. The van der Waals surface area contributed by atoms with E-state index in [1.165, 1.54) is 38.7 Å². The Bertz CT molecular complexity index is 1290. The lowest BCUT2D eigenvalue weighted by Gasteiger charge is -2.17. The standard InChI is InChI=1S/C26H17FS/c27-19-11-8-12-20(17-19)28-26-24-16-7-5-14-22(24)21-13-4-6-15-23(21)25(26)18-9-2-1-3-10-18/h1-17H. The zero-order chi connectivity index (χ0) is 18.9. The highest BCUT2D eigenvalue weighted by Crippen LogP contribution is 2.46. The topological polar surface area (TPSA) is 0 Å². The van der Waals surface area contributed by atoms with E-state index in [2.05, 4.69) is 72.8 Å². The first-order valence-electron chi connectivity index (χ1n) is 9.23. The number of hydrogen-bond acceptors (Lipinski definition) is 1. The van der Waals surface area contributed by atoms with Gasteiger partial charge in [-0.1, -0.05) is 96.7 Å². The molecule has 0 saturated heterocycles. The summed E-state index contributed by atoms with van der Waals surface area (Å²) in [5.41, 5.74) is 2.37. The van der Waals surface area contributed by atoms with Crippen molar-refractivity contribution in [3.05, 3.63) is 109 Å². The molecule has 0 spiro atoms. The van der Waals surface area contributed by atoms with Crippen molar-refractivity contribution in [3.8, 4) is 11.1 Å². The third-order valence-electron chi connectivity index (χ3n) is 4.96. The lowest BCUT2D eigenvalue weighted by molar-refractivity contribution is 0.624. The van der Waals surface area contributed by atoms with E-state index in [9.17, 15) is 4.39 Å². The predicted octanol–water partition coefficient (Wildman–Crippen LogP) is 7.95. The summed E-state index contributed by atoms with van der Waals surface area (Å²) in [4.78, 5) is 2.06. The summed E-state index contributed by atoms with van der Waals surface area (Å²) < 4.78 is 13.8. The molecule has 2 heteroatoms. The molecular formula is C26H17FS. The minimum Gasteiger partial charge on any atom is -0.207 e. The summed E-state index contributed by atoms with van der Waals surface area (Å²) in [7, 11) is 0. The Kier molecular flexibility index (Phi) is 4.34. The second-order valence-corrected chi connectivity index (χ2v) is 7.80. The van der Waals surface area contributed by atoms with E-state index < -0.39 is 0 Å². The number of rotatable bonds is 3. The molecule has 5 aromatic rings. The molecule has 0 saturated carbocycles. The van der Waals surface area contributed by atoms with Crippen LogP contribution in [0, 0.1) is 5.82 Å². The molecule has 0 radical (unpaired) electrons. The molecule has 0 fully saturated rings. The van der Waals surface area contributed by atoms with Crippen LogP contribution in [-0.4, -0.2) is 0 Å². The van der Waals surface area contributed by atoms with Crippen molar-refractivity contribution in [2.24, 2.45) is 0 Å². The first kappa shape index (κ1) is 17.0. The van der Waals surface area contributed by atoms with Crippen LogP contribution in [0.1, 0.15) is 0 Å². The third kappa shape index (κ3) is 2.96. The average Bonchev–Trinajstić information content (AvgIpc) is 2.75. The van der Waals surface area contributed by atoms with E-state index >= 15 is 0 Å². The van der Waals surface area contributed by atoms with Crippen LogP contribution in [0.25, 0.3) is 32.7 Å². The SMILES string of the molecule is Fc1cccc(Sc2c(-c3ccccc3)c3ccccc3c3ccccc23)c1. The molecular weight excluding hydrogens is 363 g/mol. The molecule has 0 aromatic heterocycles. The van der Waals surface area contributed by atoms with E-state index in [-0.39, 0.29) is 5.82 Å². The Morgan fingerprint density at radius 3 is 1.86 bits per heavy atom. The minimum absolute atomic E-state index is 0.212. The van der Waals surface area contributed by atoms with Gasteiger partial charge in [0, 0.05) is 15.4 Å². The van der Waals surface area contributed by atoms with Gasteiger partial charge >= 0.3 is 0 Å². The van der Waals surface area contributed by atoms with Crippen LogP contribution in [0.15, 0.2) is 113 Å². The molecule has 0 aliphatic rings. The van der Waals surface area contributed by atoms with Crippen molar-refractivity contribution in [3.63, 3.8) is 0 Å².